The van der Waals surface area contributed by atoms with Crippen molar-refractivity contribution in [3.8, 4) is 0 Å². The van der Waals surface area contributed by atoms with Gasteiger partial charge >= 0.3 is 0 Å². The Morgan fingerprint density at radius 3 is 2.71 bits per heavy atom. The van der Waals surface area contributed by atoms with E-state index in [0.717, 1.165) is 33.8 Å². The Morgan fingerprint density at radius 2 is 2.00 bits per heavy atom. The van der Waals surface area contributed by atoms with E-state index in [-0.39, 0.29) is 0 Å². The van der Waals surface area contributed by atoms with Crippen molar-refractivity contribution in [2.45, 2.75) is 19.3 Å². The van der Waals surface area contributed by atoms with Crippen LogP contribution in [0.1, 0.15) is 17.1 Å². The van der Waals surface area contributed by atoms with Gasteiger partial charge in [0.2, 0.25) is 0 Å². The zero-order valence-corrected chi connectivity index (χ0v) is 12.9. The molecule has 0 aliphatic rings. The van der Waals surface area contributed by atoms with Crippen molar-refractivity contribution in [3.63, 3.8) is 0 Å². The number of rotatable bonds is 4. The minimum Gasteiger partial charge on any atom is -0.464 e. The lowest BCUT2D eigenvalue weighted by Gasteiger charge is -2.18. The lowest BCUT2D eigenvalue weighted by molar-refractivity contribution is 0.481. The van der Waals surface area contributed by atoms with Crippen molar-refractivity contribution in [3.05, 3.63) is 59.5 Å². The zero-order valence-electron chi connectivity index (χ0n) is 12.1. The van der Waals surface area contributed by atoms with Crippen LogP contribution in [-0.2, 0) is 12.4 Å². The first-order valence-corrected chi connectivity index (χ1v) is 7.42. The second kappa shape index (κ2) is 5.78. The molecule has 3 aromatic rings. The third-order valence-corrected chi connectivity index (χ3v) is 3.80. The van der Waals surface area contributed by atoms with Gasteiger partial charge in [0.05, 0.1) is 12.1 Å². The second-order valence-electron chi connectivity index (χ2n) is 5.16. The van der Waals surface area contributed by atoms with Crippen LogP contribution in [-0.4, -0.2) is 12.0 Å². The third kappa shape index (κ3) is 2.88. The van der Waals surface area contributed by atoms with E-state index in [2.05, 4.69) is 11.0 Å². The van der Waals surface area contributed by atoms with Crippen LogP contribution in [0, 0.1) is 6.92 Å². The Kier molecular flexibility index (Phi) is 3.84. The minimum absolute atomic E-state index is 0.476. The molecule has 0 spiro atoms. The molecule has 108 valence electrons. The average Bonchev–Trinajstić information content (AvgIpc) is 2.91. The van der Waals surface area contributed by atoms with Gasteiger partial charge in [0.15, 0.2) is 0 Å². The summed E-state index contributed by atoms with van der Waals surface area (Å²) in [5.41, 5.74) is 2.06. The quantitative estimate of drug-likeness (QED) is 0.664. The molecular weight excluding hydrogens is 284 g/mol. The Hall–Kier alpha value is -2.00. The number of benzene rings is 1. The number of para-hydroxylation sites is 1. The molecule has 0 saturated carbocycles. The number of anilines is 1. The second-order valence-corrected chi connectivity index (χ2v) is 5.43. The SMILES string of the molecule is Cc1ccc(CN(C)c2cc(CCl)c3ccccc3n2)o1. The lowest BCUT2D eigenvalue weighted by atomic mass is 10.1. The van der Waals surface area contributed by atoms with E-state index in [1.807, 2.05) is 50.4 Å². The Labute approximate surface area is 129 Å². The maximum atomic E-state index is 6.08. The Morgan fingerprint density at radius 1 is 1.19 bits per heavy atom. The number of aromatic nitrogens is 1. The average molecular weight is 301 g/mol. The van der Waals surface area contributed by atoms with Gasteiger partial charge in [-0.15, -0.1) is 11.6 Å². The number of aryl methyl sites for hydroxylation is 1. The number of fused-ring (bicyclic) bond motifs is 1. The van der Waals surface area contributed by atoms with Crippen LogP contribution in [0.2, 0.25) is 0 Å². The van der Waals surface area contributed by atoms with Crippen LogP contribution in [0.5, 0.6) is 0 Å². The standard InChI is InChI=1S/C17H17ClN2O/c1-12-7-8-14(21-12)11-20(2)17-9-13(10-18)15-5-3-4-6-16(15)19-17/h3-9H,10-11H2,1-2H3. The molecule has 1 aromatic carbocycles. The van der Waals surface area contributed by atoms with Gasteiger partial charge in [-0.05, 0) is 36.8 Å². The highest BCUT2D eigenvalue weighted by molar-refractivity contribution is 6.18. The molecule has 3 nitrogen and oxygen atoms in total. The van der Waals surface area contributed by atoms with Gasteiger partial charge in [-0.25, -0.2) is 4.98 Å². The molecule has 0 aliphatic carbocycles. The molecule has 0 amide bonds. The number of nitrogens with zero attached hydrogens (tertiary/aromatic N) is 2. The molecule has 0 N–H and O–H groups in total. The molecule has 3 rings (SSSR count). The van der Waals surface area contributed by atoms with Gasteiger partial charge in [0.1, 0.15) is 17.3 Å². The largest absolute Gasteiger partial charge is 0.464 e. The first-order chi connectivity index (χ1) is 10.2. The van der Waals surface area contributed by atoms with Crippen molar-refractivity contribution in [2.75, 3.05) is 11.9 Å². The molecule has 0 bridgehead atoms. The van der Waals surface area contributed by atoms with Gasteiger partial charge in [-0.3, -0.25) is 0 Å². The molecule has 0 saturated heterocycles. The highest BCUT2D eigenvalue weighted by atomic mass is 35.5. The maximum absolute atomic E-state index is 6.08. The molecule has 0 radical (unpaired) electrons. The number of pyridine rings is 1. The molecule has 0 atom stereocenters. The van der Waals surface area contributed by atoms with Crippen LogP contribution in [0.25, 0.3) is 10.9 Å². The number of hydrogen-bond donors (Lipinski definition) is 0. The molecule has 0 unspecified atom stereocenters. The van der Waals surface area contributed by atoms with Crippen molar-refractivity contribution in [1.82, 2.24) is 4.98 Å². The number of furan rings is 1. The van der Waals surface area contributed by atoms with Crippen LogP contribution >= 0.6 is 11.6 Å². The molecule has 0 fully saturated rings. The fourth-order valence-electron chi connectivity index (χ4n) is 2.42. The van der Waals surface area contributed by atoms with E-state index in [0.29, 0.717) is 12.4 Å². The summed E-state index contributed by atoms with van der Waals surface area (Å²) in [6.07, 6.45) is 0. The first-order valence-electron chi connectivity index (χ1n) is 6.88. The van der Waals surface area contributed by atoms with Crippen molar-refractivity contribution in [2.24, 2.45) is 0 Å². The predicted octanol–water partition coefficient (Wildman–Crippen LogP) is 4.51. The van der Waals surface area contributed by atoms with Crippen LogP contribution < -0.4 is 4.90 Å². The summed E-state index contributed by atoms with van der Waals surface area (Å²) in [5.74, 6) is 3.23. The van der Waals surface area contributed by atoms with Crippen LogP contribution in [0.4, 0.5) is 5.82 Å². The van der Waals surface area contributed by atoms with E-state index >= 15 is 0 Å². The molecular formula is C17H17ClN2O. The van der Waals surface area contributed by atoms with Gasteiger partial charge in [-0.1, -0.05) is 18.2 Å². The maximum Gasteiger partial charge on any atom is 0.129 e. The first kappa shape index (κ1) is 14.0. The molecule has 2 aromatic heterocycles. The van der Waals surface area contributed by atoms with E-state index in [1.165, 1.54) is 0 Å². The monoisotopic (exact) mass is 300 g/mol. The highest BCUT2D eigenvalue weighted by Crippen LogP contribution is 2.24. The topological polar surface area (TPSA) is 29.3 Å². The van der Waals surface area contributed by atoms with E-state index in [9.17, 15) is 0 Å². The van der Waals surface area contributed by atoms with Gasteiger partial charge < -0.3 is 9.32 Å². The normalized spacial score (nSPS) is 11.0. The van der Waals surface area contributed by atoms with Crippen LogP contribution in [0.15, 0.2) is 46.9 Å². The number of halogens is 1. The lowest BCUT2D eigenvalue weighted by Crippen LogP contribution is -2.17. The number of alkyl halides is 1. The molecule has 0 aliphatic heterocycles. The summed E-state index contributed by atoms with van der Waals surface area (Å²) < 4.78 is 5.62. The van der Waals surface area contributed by atoms with Crippen molar-refractivity contribution in [1.29, 1.82) is 0 Å². The van der Waals surface area contributed by atoms with Crippen molar-refractivity contribution < 1.29 is 4.42 Å². The summed E-state index contributed by atoms with van der Waals surface area (Å²) in [6.45, 7) is 2.63. The fourth-order valence-corrected chi connectivity index (χ4v) is 2.64. The molecule has 2 heterocycles. The summed E-state index contributed by atoms with van der Waals surface area (Å²) >= 11 is 6.08. The summed E-state index contributed by atoms with van der Waals surface area (Å²) in [7, 11) is 2.01. The predicted molar refractivity (Wildman–Crippen MR) is 86.9 cm³/mol. The Balaban J connectivity index is 1.95. The smallest absolute Gasteiger partial charge is 0.129 e. The number of hydrogen-bond acceptors (Lipinski definition) is 3. The molecule has 4 heteroatoms. The summed E-state index contributed by atoms with van der Waals surface area (Å²) in [4.78, 5) is 6.78. The Bertz CT molecular complexity index is 766. The van der Waals surface area contributed by atoms with E-state index in [4.69, 9.17) is 21.0 Å². The van der Waals surface area contributed by atoms with Crippen LogP contribution in [0.3, 0.4) is 0 Å². The van der Waals surface area contributed by atoms with Gasteiger partial charge in [0.25, 0.3) is 0 Å². The summed E-state index contributed by atoms with van der Waals surface area (Å²) in [5, 5.41) is 1.11. The summed E-state index contributed by atoms with van der Waals surface area (Å²) in [6, 6.07) is 14.1. The molecule has 21 heavy (non-hydrogen) atoms. The van der Waals surface area contributed by atoms with E-state index < -0.39 is 0 Å². The van der Waals surface area contributed by atoms with Gasteiger partial charge in [0, 0.05) is 18.3 Å². The fraction of sp³-hybridized carbons (Fsp3) is 0.235. The minimum atomic E-state index is 0.476. The highest BCUT2D eigenvalue weighted by Gasteiger charge is 2.10. The van der Waals surface area contributed by atoms with E-state index in [1.54, 1.807) is 0 Å². The zero-order chi connectivity index (χ0) is 14.8. The van der Waals surface area contributed by atoms with Crippen molar-refractivity contribution >= 4 is 28.3 Å². The van der Waals surface area contributed by atoms with Gasteiger partial charge in [-0.2, -0.15) is 0 Å². The third-order valence-electron chi connectivity index (χ3n) is 3.51.